The minimum absolute atomic E-state index is 0.428. The summed E-state index contributed by atoms with van der Waals surface area (Å²) in [7, 11) is 0. The predicted octanol–water partition coefficient (Wildman–Crippen LogP) is 3.00. The summed E-state index contributed by atoms with van der Waals surface area (Å²) in [5.41, 5.74) is 1.14. The van der Waals surface area contributed by atoms with Crippen LogP contribution in [0.2, 0.25) is 0 Å². The van der Waals surface area contributed by atoms with Crippen molar-refractivity contribution in [3.8, 4) is 0 Å². The molecule has 1 aromatic heterocycles. The molecule has 2 nitrogen and oxygen atoms in total. The van der Waals surface area contributed by atoms with E-state index in [2.05, 4.69) is 13.8 Å². The van der Waals surface area contributed by atoms with Gasteiger partial charge >= 0.3 is 0 Å². The van der Waals surface area contributed by atoms with Crippen molar-refractivity contribution in [2.75, 3.05) is 0 Å². The second kappa shape index (κ2) is 4.10. The number of hydrogen-bond acceptors (Lipinski definition) is 2. The van der Waals surface area contributed by atoms with Crippen LogP contribution in [0.3, 0.4) is 0 Å². The Morgan fingerprint density at radius 3 is 2.58 bits per heavy atom. The molecule has 0 radical (unpaired) electrons. The summed E-state index contributed by atoms with van der Waals surface area (Å²) < 4.78 is 5.03. The maximum Gasteiger partial charge on any atom is 0.185 e. The van der Waals surface area contributed by atoms with Crippen molar-refractivity contribution in [1.29, 1.82) is 0 Å². The van der Waals surface area contributed by atoms with Gasteiger partial charge in [0, 0.05) is 0 Å². The molecule has 0 amide bonds. The molecule has 0 saturated carbocycles. The molecule has 0 N–H and O–H groups in total. The molecular weight excluding hydrogens is 152 g/mol. The number of hydrogen-bond donors (Lipinski definition) is 0. The fraction of sp³-hybridized carbons (Fsp3) is 0.500. The number of carbonyl (C=O) groups excluding carboxylic acids is 1. The predicted molar refractivity (Wildman–Crippen MR) is 47.4 cm³/mol. The van der Waals surface area contributed by atoms with Crippen molar-refractivity contribution in [2.45, 2.75) is 32.6 Å². The molecule has 0 aromatic carbocycles. The number of carbonyl (C=O) groups is 1. The van der Waals surface area contributed by atoms with E-state index in [0.717, 1.165) is 24.7 Å². The van der Waals surface area contributed by atoms with E-state index < -0.39 is 0 Å². The van der Waals surface area contributed by atoms with Crippen LogP contribution in [0.25, 0.3) is 0 Å². The zero-order chi connectivity index (χ0) is 8.97. The third-order valence-corrected chi connectivity index (χ3v) is 2.21. The highest BCUT2D eigenvalue weighted by Crippen LogP contribution is 2.24. The first kappa shape index (κ1) is 9.04. The lowest BCUT2D eigenvalue weighted by Crippen LogP contribution is -1.92. The summed E-state index contributed by atoms with van der Waals surface area (Å²) in [6, 6.07) is 1.82. The highest BCUT2D eigenvalue weighted by atomic mass is 16.3. The standard InChI is InChI=1S/C10H14O2/c1-3-8(4-2)9-5-10(6-11)12-7-9/h5-8H,3-4H2,1-2H3. The van der Waals surface area contributed by atoms with Crippen LogP contribution in [0.1, 0.15) is 48.7 Å². The first-order valence-electron chi connectivity index (χ1n) is 4.35. The normalized spacial score (nSPS) is 10.6. The van der Waals surface area contributed by atoms with Crippen molar-refractivity contribution in [3.05, 3.63) is 23.7 Å². The van der Waals surface area contributed by atoms with Crippen LogP contribution in [0, 0.1) is 0 Å². The van der Waals surface area contributed by atoms with Gasteiger partial charge in [0.15, 0.2) is 12.0 Å². The van der Waals surface area contributed by atoms with Gasteiger partial charge in [0.1, 0.15) is 0 Å². The van der Waals surface area contributed by atoms with E-state index in [-0.39, 0.29) is 0 Å². The van der Waals surface area contributed by atoms with E-state index in [1.165, 1.54) is 0 Å². The van der Waals surface area contributed by atoms with E-state index in [9.17, 15) is 4.79 Å². The van der Waals surface area contributed by atoms with Gasteiger partial charge in [0.25, 0.3) is 0 Å². The van der Waals surface area contributed by atoms with Gasteiger partial charge in [-0.3, -0.25) is 4.79 Å². The molecule has 0 atom stereocenters. The minimum Gasteiger partial charge on any atom is -0.461 e. The van der Waals surface area contributed by atoms with Crippen molar-refractivity contribution in [3.63, 3.8) is 0 Å². The second-order valence-electron chi connectivity index (χ2n) is 2.91. The molecule has 66 valence electrons. The lowest BCUT2D eigenvalue weighted by Gasteiger charge is -2.07. The summed E-state index contributed by atoms with van der Waals surface area (Å²) in [6.07, 6.45) is 4.61. The van der Waals surface area contributed by atoms with Crippen molar-refractivity contribution in [2.24, 2.45) is 0 Å². The number of rotatable bonds is 4. The fourth-order valence-corrected chi connectivity index (χ4v) is 1.40. The molecule has 0 aliphatic carbocycles. The van der Waals surface area contributed by atoms with Gasteiger partial charge in [-0.25, -0.2) is 0 Å². The quantitative estimate of drug-likeness (QED) is 0.643. The van der Waals surface area contributed by atoms with Crippen LogP contribution < -0.4 is 0 Å². The zero-order valence-electron chi connectivity index (χ0n) is 7.54. The Morgan fingerprint density at radius 2 is 2.17 bits per heavy atom. The highest BCUT2D eigenvalue weighted by Gasteiger charge is 2.09. The van der Waals surface area contributed by atoms with Gasteiger partial charge in [0.05, 0.1) is 6.26 Å². The summed E-state index contributed by atoms with van der Waals surface area (Å²) in [4.78, 5) is 10.3. The molecule has 0 spiro atoms. The van der Waals surface area contributed by atoms with E-state index >= 15 is 0 Å². The van der Waals surface area contributed by atoms with Crippen LogP contribution in [-0.4, -0.2) is 6.29 Å². The molecular formula is C10H14O2. The molecule has 0 aliphatic heterocycles. The monoisotopic (exact) mass is 166 g/mol. The SMILES string of the molecule is CCC(CC)c1coc(C=O)c1. The number of aldehydes is 1. The summed E-state index contributed by atoms with van der Waals surface area (Å²) >= 11 is 0. The lowest BCUT2D eigenvalue weighted by molar-refractivity contribution is 0.110. The van der Waals surface area contributed by atoms with Crippen molar-refractivity contribution >= 4 is 6.29 Å². The molecule has 12 heavy (non-hydrogen) atoms. The molecule has 1 heterocycles. The summed E-state index contributed by atoms with van der Waals surface area (Å²) in [5.74, 6) is 0.958. The molecule has 1 aromatic rings. The Morgan fingerprint density at radius 1 is 1.50 bits per heavy atom. The highest BCUT2D eigenvalue weighted by molar-refractivity contribution is 5.70. The Balaban J connectivity index is 2.79. The van der Waals surface area contributed by atoms with Gasteiger partial charge in [-0.1, -0.05) is 13.8 Å². The summed E-state index contributed by atoms with van der Waals surface area (Å²) in [5, 5.41) is 0. The van der Waals surface area contributed by atoms with Gasteiger partial charge in [-0.2, -0.15) is 0 Å². The van der Waals surface area contributed by atoms with E-state index in [1.807, 2.05) is 6.07 Å². The molecule has 0 unspecified atom stereocenters. The first-order chi connectivity index (χ1) is 5.81. The van der Waals surface area contributed by atoms with Crippen LogP contribution in [-0.2, 0) is 0 Å². The third-order valence-electron chi connectivity index (χ3n) is 2.21. The summed E-state index contributed by atoms with van der Waals surface area (Å²) in [6.45, 7) is 4.28. The molecule has 0 fully saturated rings. The van der Waals surface area contributed by atoms with Crippen molar-refractivity contribution in [1.82, 2.24) is 0 Å². The Kier molecular flexibility index (Phi) is 3.09. The third kappa shape index (κ3) is 1.76. The van der Waals surface area contributed by atoms with E-state index in [4.69, 9.17) is 4.42 Å². The molecule has 1 rings (SSSR count). The Labute approximate surface area is 72.6 Å². The van der Waals surface area contributed by atoms with Crippen LogP contribution in [0.4, 0.5) is 0 Å². The van der Waals surface area contributed by atoms with E-state index in [1.54, 1.807) is 6.26 Å². The molecule has 0 bridgehead atoms. The number of furan rings is 1. The smallest absolute Gasteiger partial charge is 0.185 e. The van der Waals surface area contributed by atoms with Crippen LogP contribution in [0.5, 0.6) is 0 Å². The molecule has 0 saturated heterocycles. The molecule has 2 heteroatoms. The lowest BCUT2D eigenvalue weighted by atomic mass is 9.96. The van der Waals surface area contributed by atoms with Gasteiger partial charge in [-0.05, 0) is 30.4 Å². The fourth-order valence-electron chi connectivity index (χ4n) is 1.40. The molecule has 0 aliphatic rings. The zero-order valence-corrected chi connectivity index (χ0v) is 7.54. The minimum atomic E-state index is 0.428. The van der Waals surface area contributed by atoms with Gasteiger partial charge in [0.2, 0.25) is 0 Å². The maximum absolute atomic E-state index is 10.3. The topological polar surface area (TPSA) is 30.2 Å². The average molecular weight is 166 g/mol. The largest absolute Gasteiger partial charge is 0.461 e. The Hall–Kier alpha value is -1.05. The van der Waals surface area contributed by atoms with Gasteiger partial charge in [-0.15, -0.1) is 0 Å². The average Bonchev–Trinajstić information content (AvgIpc) is 2.55. The second-order valence-corrected chi connectivity index (χ2v) is 2.91. The van der Waals surface area contributed by atoms with E-state index in [0.29, 0.717) is 11.7 Å². The van der Waals surface area contributed by atoms with Crippen molar-refractivity contribution < 1.29 is 9.21 Å². The van der Waals surface area contributed by atoms with Gasteiger partial charge < -0.3 is 4.42 Å². The Bertz CT molecular complexity index is 246. The first-order valence-corrected chi connectivity index (χ1v) is 4.35. The van der Waals surface area contributed by atoms with Crippen LogP contribution in [0.15, 0.2) is 16.7 Å². The van der Waals surface area contributed by atoms with Crippen LogP contribution >= 0.6 is 0 Å². The maximum atomic E-state index is 10.3.